The normalized spacial score (nSPS) is 11.6. The summed E-state index contributed by atoms with van der Waals surface area (Å²) in [6.45, 7) is 2.00. The molecule has 108 valence electrons. The van der Waals surface area contributed by atoms with E-state index in [0.717, 1.165) is 6.42 Å². The van der Waals surface area contributed by atoms with Crippen molar-refractivity contribution in [1.82, 2.24) is 10.1 Å². The lowest BCUT2D eigenvalue weighted by atomic mass is 10.2. The zero-order valence-electron chi connectivity index (χ0n) is 11.0. The fourth-order valence-corrected chi connectivity index (χ4v) is 2.72. The van der Waals surface area contributed by atoms with Crippen LogP contribution in [0.4, 0.5) is 0 Å². The molecule has 0 radical (unpaired) electrons. The minimum absolute atomic E-state index is 0.124. The highest BCUT2D eigenvalue weighted by Crippen LogP contribution is 2.30. The molecule has 0 aliphatic heterocycles. The number of hydrogen-bond acceptors (Lipinski definition) is 6. The van der Waals surface area contributed by atoms with Crippen LogP contribution in [0, 0.1) is 0 Å². The summed E-state index contributed by atoms with van der Waals surface area (Å²) >= 11 is 0. The van der Waals surface area contributed by atoms with Crippen molar-refractivity contribution in [3.8, 4) is 17.1 Å². The quantitative estimate of drug-likeness (QED) is 0.789. The molecule has 0 bridgehead atoms. The van der Waals surface area contributed by atoms with Gasteiger partial charge in [-0.05, 0) is 24.6 Å². The monoisotopic (exact) mass is 316 g/mol. The fourth-order valence-electron chi connectivity index (χ4n) is 1.69. The van der Waals surface area contributed by atoms with Crippen molar-refractivity contribution < 1.29 is 17.7 Å². The smallest absolute Gasteiger partial charge is 0.265 e. The van der Waals surface area contributed by atoms with Gasteiger partial charge in [0.25, 0.3) is 9.05 Å². The SMILES string of the molecule is CCCc1nc(-c2ccc(OC)c(S(=O)(=O)Cl)c2)no1. The third kappa shape index (κ3) is 3.10. The number of methoxy groups -OCH3 is 1. The number of rotatable bonds is 5. The molecule has 0 unspecified atom stereocenters. The van der Waals surface area contributed by atoms with E-state index in [1.54, 1.807) is 6.07 Å². The standard InChI is InChI=1S/C12H13ClN2O4S/c1-3-4-11-14-12(15-19-11)8-5-6-9(18-2)10(7-8)20(13,16)17/h5-7H,3-4H2,1-2H3. The van der Waals surface area contributed by atoms with Gasteiger partial charge < -0.3 is 9.26 Å². The van der Waals surface area contributed by atoms with E-state index >= 15 is 0 Å². The Hall–Kier alpha value is -1.60. The lowest BCUT2D eigenvalue weighted by molar-refractivity contribution is 0.377. The van der Waals surface area contributed by atoms with Crippen molar-refractivity contribution in [3.63, 3.8) is 0 Å². The van der Waals surface area contributed by atoms with Crippen molar-refractivity contribution in [2.75, 3.05) is 7.11 Å². The topological polar surface area (TPSA) is 82.3 Å². The van der Waals surface area contributed by atoms with Crippen LogP contribution in [-0.4, -0.2) is 25.7 Å². The van der Waals surface area contributed by atoms with Gasteiger partial charge in [0.1, 0.15) is 10.6 Å². The van der Waals surface area contributed by atoms with Gasteiger partial charge in [-0.3, -0.25) is 0 Å². The molecule has 0 fully saturated rings. The van der Waals surface area contributed by atoms with Gasteiger partial charge in [0.2, 0.25) is 11.7 Å². The van der Waals surface area contributed by atoms with Crippen LogP contribution in [-0.2, 0) is 15.5 Å². The zero-order chi connectivity index (χ0) is 14.8. The van der Waals surface area contributed by atoms with E-state index in [1.165, 1.54) is 19.2 Å². The first-order valence-electron chi connectivity index (χ1n) is 5.91. The number of aryl methyl sites for hydroxylation is 1. The largest absolute Gasteiger partial charge is 0.495 e. The Kier molecular flexibility index (Phi) is 4.29. The third-order valence-electron chi connectivity index (χ3n) is 2.62. The van der Waals surface area contributed by atoms with E-state index < -0.39 is 9.05 Å². The Bertz CT molecular complexity index is 712. The molecule has 6 nitrogen and oxygen atoms in total. The number of hydrogen-bond donors (Lipinski definition) is 0. The predicted octanol–water partition coefficient (Wildman–Crippen LogP) is 2.63. The third-order valence-corrected chi connectivity index (χ3v) is 3.96. The highest BCUT2D eigenvalue weighted by molar-refractivity contribution is 8.13. The average Bonchev–Trinajstić information content (AvgIpc) is 2.86. The summed E-state index contributed by atoms with van der Waals surface area (Å²) in [7, 11) is 2.84. The van der Waals surface area contributed by atoms with Crippen LogP contribution >= 0.6 is 10.7 Å². The number of benzene rings is 1. The van der Waals surface area contributed by atoms with E-state index in [0.29, 0.717) is 23.7 Å². The van der Waals surface area contributed by atoms with Gasteiger partial charge in [0, 0.05) is 22.7 Å². The molecule has 0 amide bonds. The second kappa shape index (κ2) is 5.80. The maximum absolute atomic E-state index is 11.5. The van der Waals surface area contributed by atoms with Crippen molar-refractivity contribution in [1.29, 1.82) is 0 Å². The van der Waals surface area contributed by atoms with E-state index in [2.05, 4.69) is 10.1 Å². The van der Waals surface area contributed by atoms with Crippen LogP contribution in [0.3, 0.4) is 0 Å². The predicted molar refractivity (Wildman–Crippen MR) is 73.3 cm³/mol. The molecule has 8 heteroatoms. The molecular weight excluding hydrogens is 304 g/mol. The minimum Gasteiger partial charge on any atom is -0.495 e. The van der Waals surface area contributed by atoms with Crippen LogP contribution in [0.15, 0.2) is 27.6 Å². The Morgan fingerprint density at radius 3 is 2.75 bits per heavy atom. The summed E-state index contributed by atoms with van der Waals surface area (Å²) in [6, 6.07) is 4.51. The first-order chi connectivity index (χ1) is 9.45. The van der Waals surface area contributed by atoms with Gasteiger partial charge in [-0.2, -0.15) is 4.98 Å². The number of aromatic nitrogens is 2. The number of halogens is 1. The molecule has 2 aromatic rings. The van der Waals surface area contributed by atoms with Gasteiger partial charge in [0.15, 0.2) is 0 Å². The van der Waals surface area contributed by atoms with Gasteiger partial charge in [-0.1, -0.05) is 12.1 Å². The molecule has 0 N–H and O–H groups in total. The summed E-state index contributed by atoms with van der Waals surface area (Å²) in [4.78, 5) is 4.07. The molecule has 0 aliphatic rings. The summed E-state index contributed by atoms with van der Waals surface area (Å²) in [5.74, 6) is 0.993. The Labute approximate surface area is 121 Å². The molecule has 1 heterocycles. The van der Waals surface area contributed by atoms with Gasteiger partial charge >= 0.3 is 0 Å². The first kappa shape index (κ1) is 14.8. The van der Waals surface area contributed by atoms with Crippen LogP contribution in [0.1, 0.15) is 19.2 Å². The second-order valence-electron chi connectivity index (χ2n) is 4.07. The lowest BCUT2D eigenvalue weighted by Crippen LogP contribution is -1.97. The average molecular weight is 317 g/mol. The molecule has 0 atom stereocenters. The Balaban J connectivity index is 2.47. The van der Waals surface area contributed by atoms with Gasteiger partial charge in [-0.25, -0.2) is 8.42 Å². The van der Waals surface area contributed by atoms with Crippen LogP contribution in [0.5, 0.6) is 5.75 Å². The molecular formula is C12H13ClN2O4S. The van der Waals surface area contributed by atoms with E-state index in [9.17, 15) is 8.42 Å². The Morgan fingerprint density at radius 2 is 2.15 bits per heavy atom. The molecule has 1 aromatic carbocycles. The van der Waals surface area contributed by atoms with Crippen molar-refractivity contribution in [2.24, 2.45) is 0 Å². The second-order valence-corrected chi connectivity index (χ2v) is 6.60. The molecule has 1 aromatic heterocycles. The summed E-state index contributed by atoms with van der Waals surface area (Å²) in [6.07, 6.45) is 1.55. The van der Waals surface area contributed by atoms with Crippen LogP contribution in [0.25, 0.3) is 11.4 Å². The lowest BCUT2D eigenvalue weighted by Gasteiger charge is -2.06. The van der Waals surface area contributed by atoms with Gasteiger partial charge in [-0.15, -0.1) is 0 Å². The van der Waals surface area contributed by atoms with E-state index in [1.807, 2.05) is 6.92 Å². The number of ether oxygens (including phenoxy) is 1. The molecule has 2 rings (SSSR count). The maximum Gasteiger partial charge on any atom is 0.265 e. The summed E-state index contributed by atoms with van der Waals surface area (Å²) in [5, 5.41) is 3.82. The Morgan fingerprint density at radius 1 is 1.40 bits per heavy atom. The highest BCUT2D eigenvalue weighted by atomic mass is 35.7. The van der Waals surface area contributed by atoms with E-state index in [-0.39, 0.29) is 10.6 Å². The van der Waals surface area contributed by atoms with Crippen molar-refractivity contribution >= 4 is 19.7 Å². The van der Waals surface area contributed by atoms with Crippen molar-refractivity contribution in [2.45, 2.75) is 24.7 Å². The fraction of sp³-hybridized carbons (Fsp3) is 0.333. The van der Waals surface area contributed by atoms with Crippen LogP contribution in [0.2, 0.25) is 0 Å². The minimum atomic E-state index is -3.92. The first-order valence-corrected chi connectivity index (χ1v) is 8.22. The molecule has 0 spiro atoms. The van der Waals surface area contributed by atoms with Gasteiger partial charge in [0.05, 0.1) is 7.11 Å². The molecule has 0 saturated carbocycles. The maximum atomic E-state index is 11.5. The van der Waals surface area contributed by atoms with Crippen molar-refractivity contribution in [3.05, 3.63) is 24.1 Å². The number of nitrogens with zero attached hydrogens (tertiary/aromatic N) is 2. The zero-order valence-corrected chi connectivity index (χ0v) is 12.5. The molecule has 0 saturated heterocycles. The molecule has 0 aliphatic carbocycles. The van der Waals surface area contributed by atoms with E-state index in [4.69, 9.17) is 19.9 Å². The summed E-state index contributed by atoms with van der Waals surface area (Å²) in [5.41, 5.74) is 0.496. The highest BCUT2D eigenvalue weighted by Gasteiger charge is 2.19. The summed E-state index contributed by atoms with van der Waals surface area (Å²) < 4.78 is 33.1. The van der Waals surface area contributed by atoms with Crippen LogP contribution < -0.4 is 4.74 Å². The molecule has 20 heavy (non-hydrogen) atoms.